The van der Waals surface area contributed by atoms with Crippen LogP contribution in [-0.4, -0.2) is 38.5 Å². The highest BCUT2D eigenvalue weighted by molar-refractivity contribution is 6.18. The fraction of sp³-hybridized carbons (Fsp3) is 0.303. The summed E-state index contributed by atoms with van der Waals surface area (Å²) in [6, 6.07) is 19.2. The topological polar surface area (TPSA) is 78.9 Å². The van der Waals surface area contributed by atoms with Gasteiger partial charge in [-0.05, 0) is 24.1 Å². The van der Waals surface area contributed by atoms with Gasteiger partial charge in [0.1, 0.15) is 5.75 Å². The van der Waals surface area contributed by atoms with Gasteiger partial charge in [-0.25, -0.2) is 9.59 Å². The van der Waals surface area contributed by atoms with Crippen molar-refractivity contribution in [3.8, 4) is 16.9 Å². The molecule has 0 saturated heterocycles. The Morgan fingerprint density at radius 3 is 2.18 bits per heavy atom. The number of ether oxygens (including phenoxy) is 3. The minimum atomic E-state index is -0.612. The number of benzene rings is 3. The Hall–Kier alpha value is -4.19. The molecule has 0 aliphatic heterocycles. The van der Waals surface area contributed by atoms with Gasteiger partial charge < -0.3 is 14.2 Å². The lowest BCUT2D eigenvalue weighted by atomic mass is 9.89. The number of unbranched alkanes of at least 4 members (excludes halogenated alkanes) is 5. The van der Waals surface area contributed by atoms with Crippen LogP contribution < -0.4 is 4.74 Å². The fourth-order valence-electron chi connectivity index (χ4n) is 4.42. The van der Waals surface area contributed by atoms with E-state index >= 15 is 0 Å². The van der Waals surface area contributed by atoms with E-state index in [4.69, 9.17) is 14.2 Å². The molecule has 0 bridgehead atoms. The van der Waals surface area contributed by atoms with Crippen molar-refractivity contribution >= 4 is 23.8 Å². The molecule has 0 spiro atoms. The summed E-state index contributed by atoms with van der Waals surface area (Å²) in [4.78, 5) is 38.6. The molecule has 0 unspecified atom stereocenters. The predicted molar refractivity (Wildman–Crippen MR) is 153 cm³/mol. The van der Waals surface area contributed by atoms with E-state index in [-0.39, 0.29) is 16.9 Å². The van der Waals surface area contributed by atoms with Crippen molar-refractivity contribution in [3.63, 3.8) is 0 Å². The van der Waals surface area contributed by atoms with Crippen molar-refractivity contribution in [2.45, 2.75) is 45.4 Å². The Bertz CT molecular complexity index is 1290. The van der Waals surface area contributed by atoms with Gasteiger partial charge >= 0.3 is 11.9 Å². The minimum Gasteiger partial charge on any atom is -0.495 e. The monoisotopic (exact) mass is 528 g/mol. The summed E-state index contributed by atoms with van der Waals surface area (Å²) in [6.45, 7) is 2.57. The smallest absolute Gasteiger partial charge is 0.338 e. The number of hydrogen-bond acceptors (Lipinski definition) is 6. The van der Waals surface area contributed by atoms with Crippen LogP contribution in [0.15, 0.2) is 72.8 Å². The van der Waals surface area contributed by atoms with E-state index in [1.165, 1.54) is 39.6 Å². The Labute approximate surface area is 230 Å². The molecule has 0 aliphatic rings. The Balaban J connectivity index is 1.90. The number of esters is 2. The molecule has 0 aliphatic carbocycles. The molecule has 3 rings (SSSR count). The van der Waals surface area contributed by atoms with Gasteiger partial charge in [-0.3, -0.25) is 4.79 Å². The lowest BCUT2D eigenvalue weighted by Gasteiger charge is -2.17. The lowest BCUT2D eigenvalue weighted by molar-refractivity contribution is -0.137. The van der Waals surface area contributed by atoms with Crippen molar-refractivity contribution in [1.82, 2.24) is 0 Å². The number of rotatable bonds is 14. The molecule has 0 N–H and O–H groups in total. The first-order valence-corrected chi connectivity index (χ1v) is 13.3. The molecule has 204 valence electrons. The van der Waals surface area contributed by atoms with Gasteiger partial charge in [-0.1, -0.05) is 99.7 Å². The van der Waals surface area contributed by atoms with Crippen LogP contribution in [-0.2, 0) is 14.3 Å². The Kier molecular flexibility index (Phi) is 11.5. The fourth-order valence-corrected chi connectivity index (χ4v) is 4.42. The summed E-state index contributed by atoms with van der Waals surface area (Å²) in [5.74, 6) is -0.891. The molecular formula is C33H36O6. The van der Waals surface area contributed by atoms with Crippen molar-refractivity contribution < 1.29 is 28.6 Å². The number of methoxy groups -OCH3 is 2. The van der Waals surface area contributed by atoms with Gasteiger partial charge in [0, 0.05) is 28.3 Å². The second-order valence-electron chi connectivity index (χ2n) is 9.11. The molecule has 0 heterocycles. The number of para-hydroxylation sites is 1. The number of hydrogen-bond donors (Lipinski definition) is 0. The zero-order valence-electron chi connectivity index (χ0n) is 22.9. The molecule has 39 heavy (non-hydrogen) atoms. The highest BCUT2D eigenvalue weighted by atomic mass is 16.5. The standard InChI is InChI=1S/C33H36O6/c1-4-5-6-7-8-12-23-39-29(34)22-21-25-17-13-19-27(32(25)37-2)26-18-14-20-28(33(36)38-3)30(26)31(35)24-15-10-9-11-16-24/h9-11,13-22H,4-8,12,23H2,1-3H3/b22-21+. The van der Waals surface area contributed by atoms with Crippen molar-refractivity contribution in [2.24, 2.45) is 0 Å². The van der Waals surface area contributed by atoms with Crippen LogP contribution in [0.1, 0.15) is 77.3 Å². The zero-order valence-corrected chi connectivity index (χ0v) is 22.9. The average molecular weight is 529 g/mol. The number of ketones is 1. The molecule has 6 nitrogen and oxygen atoms in total. The van der Waals surface area contributed by atoms with Crippen LogP contribution >= 0.6 is 0 Å². The first-order chi connectivity index (χ1) is 19.0. The first-order valence-electron chi connectivity index (χ1n) is 13.3. The third-order valence-electron chi connectivity index (χ3n) is 6.41. The molecule has 3 aromatic carbocycles. The molecule has 6 heteroatoms. The van der Waals surface area contributed by atoms with E-state index in [9.17, 15) is 14.4 Å². The largest absolute Gasteiger partial charge is 0.495 e. The first kappa shape index (κ1) is 29.4. The summed E-state index contributed by atoms with van der Waals surface area (Å²) in [6.07, 6.45) is 9.69. The van der Waals surface area contributed by atoms with Crippen LogP contribution in [0, 0.1) is 0 Å². The van der Waals surface area contributed by atoms with E-state index in [1.807, 2.05) is 18.2 Å². The molecule has 0 aromatic heterocycles. The molecule has 0 amide bonds. The maximum atomic E-state index is 13.7. The quantitative estimate of drug-likeness (QED) is 0.0946. The summed E-state index contributed by atoms with van der Waals surface area (Å²) in [7, 11) is 2.80. The molecule has 0 fully saturated rings. The van der Waals surface area contributed by atoms with E-state index in [0.717, 1.165) is 19.3 Å². The highest BCUT2D eigenvalue weighted by Crippen LogP contribution is 2.38. The summed E-state index contributed by atoms with van der Waals surface area (Å²) in [5.41, 5.74) is 2.57. The predicted octanol–water partition coefficient (Wildman–Crippen LogP) is 7.30. The average Bonchev–Trinajstić information content (AvgIpc) is 2.98. The molecule has 0 radical (unpaired) electrons. The normalized spacial score (nSPS) is 10.8. The molecule has 0 atom stereocenters. The summed E-state index contributed by atoms with van der Waals surface area (Å²) >= 11 is 0. The third kappa shape index (κ3) is 7.90. The summed E-state index contributed by atoms with van der Waals surface area (Å²) < 4.78 is 16.1. The molecule has 3 aromatic rings. The summed E-state index contributed by atoms with van der Waals surface area (Å²) in [5, 5.41) is 0. The maximum Gasteiger partial charge on any atom is 0.338 e. The van der Waals surface area contributed by atoms with Crippen molar-refractivity contribution in [1.29, 1.82) is 0 Å². The Morgan fingerprint density at radius 2 is 1.46 bits per heavy atom. The van der Waals surface area contributed by atoms with Crippen molar-refractivity contribution in [2.75, 3.05) is 20.8 Å². The SMILES string of the molecule is CCCCCCCCOC(=O)/C=C/c1cccc(-c2cccc(C(=O)OC)c2C(=O)c2ccccc2)c1OC. The van der Waals surface area contributed by atoms with E-state index in [0.29, 0.717) is 34.6 Å². The van der Waals surface area contributed by atoms with E-state index in [1.54, 1.807) is 54.6 Å². The van der Waals surface area contributed by atoms with Crippen LogP contribution in [0.3, 0.4) is 0 Å². The van der Waals surface area contributed by atoms with Crippen LogP contribution in [0.5, 0.6) is 5.75 Å². The molecular weight excluding hydrogens is 492 g/mol. The highest BCUT2D eigenvalue weighted by Gasteiger charge is 2.25. The molecule has 0 saturated carbocycles. The van der Waals surface area contributed by atoms with Gasteiger partial charge in [-0.15, -0.1) is 0 Å². The van der Waals surface area contributed by atoms with Gasteiger partial charge in [0.15, 0.2) is 5.78 Å². The number of carbonyl (C=O) groups excluding carboxylic acids is 3. The maximum absolute atomic E-state index is 13.7. The van der Waals surface area contributed by atoms with E-state index < -0.39 is 11.9 Å². The minimum absolute atomic E-state index is 0.158. The van der Waals surface area contributed by atoms with Gasteiger partial charge in [-0.2, -0.15) is 0 Å². The lowest BCUT2D eigenvalue weighted by Crippen LogP contribution is -2.13. The van der Waals surface area contributed by atoms with E-state index in [2.05, 4.69) is 6.92 Å². The van der Waals surface area contributed by atoms with Crippen LogP contribution in [0.25, 0.3) is 17.2 Å². The third-order valence-corrected chi connectivity index (χ3v) is 6.41. The second-order valence-corrected chi connectivity index (χ2v) is 9.11. The number of carbonyl (C=O) groups is 3. The van der Waals surface area contributed by atoms with Gasteiger partial charge in [0.05, 0.1) is 26.4 Å². The van der Waals surface area contributed by atoms with Crippen molar-refractivity contribution in [3.05, 3.63) is 95.1 Å². The van der Waals surface area contributed by atoms with Gasteiger partial charge in [0.25, 0.3) is 0 Å². The van der Waals surface area contributed by atoms with Gasteiger partial charge in [0.2, 0.25) is 0 Å². The van der Waals surface area contributed by atoms with Crippen LogP contribution in [0.2, 0.25) is 0 Å². The zero-order chi connectivity index (χ0) is 28.0. The second kappa shape index (κ2) is 15.3. The van der Waals surface area contributed by atoms with Crippen LogP contribution in [0.4, 0.5) is 0 Å². The Morgan fingerprint density at radius 1 is 0.769 bits per heavy atom.